The summed E-state index contributed by atoms with van der Waals surface area (Å²) in [6, 6.07) is 3.42. The van der Waals surface area contributed by atoms with E-state index in [4.69, 9.17) is 5.73 Å². The van der Waals surface area contributed by atoms with E-state index in [-0.39, 0.29) is 21.7 Å². The van der Waals surface area contributed by atoms with Crippen molar-refractivity contribution in [3.05, 3.63) is 28.3 Å². The summed E-state index contributed by atoms with van der Waals surface area (Å²) in [7, 11) is -3.68. The molecule has 20 heavy (non-hydrogen) atoms. The summed E-state index contributed by atoms with van der Waals surface area (Å²) in [4.78, 5) is 9.96. The van der Waals surface area contributed by atoms with Crippen LogP contribution in [0.1, 0.15) is 26.2 Å². The maximum Gasteiger partial charge on any atom is 0.292 e. The number of anilines is 1. The van der Waals surface area contributed by atoms with Gasteiger partial charge in [0.2, 0.25) is 10.0 Å². The number of nitrogens with zero attached hydrogens (tertiary/aromatic N) is 1. The van der Waals surface area contributed by atoms with Gasteiger partial charge in [0.1, 0.15) is 5.69 Å². The Labute approximate surface area is 117 Å². The molecule has 1 aliphatic rings. The first-order valence-electron chi connectivity index (χ1n) is 6.33. The zero-order chi connectivity index (χ0) is 15.0. The molecule has 0 aromatic heterocycles. The van der Waals surface area contributed by atoms with E-state index in [0.717, 1.165) is 31.4 Å². The lowest BCUT2D eigenvalue weighted by atomic mass is 10.1. The molecule has 8 heteroatoms. The molecule has 0 atom stereocenters. The lowest BCUT2D eigenvalue weighted by molar-refractivity contribution is -0.383. The molecule has 0 amide bonds. The van der Waals surface area contributed by atoms with Crippen LogP contribution in [-0.4, -0.2) is 19.9 Å². The zero-order valence-electron chi connectivity index (χ0n) is 11.1. The van der Waals surface area contributed by atoms with Gasteiger partial charge in [0.25, 0.3) is 5.69 Å². The summed E-state index contributed by atoms with van der Waals surface area (Å²) in [6.45, 7) is 2.42. The van der Waals surface area contributed by atoms with E-state index in [1.54, 1.807) is 0 Å². The molecule has 0 spiro atoms. The van der Waals surface area contributed by atoms with Gasteiger partial charge in [-0.1, -0.05) is 6.92 Å². The first kappa shape index (κ1) is 14.7. The van der Waals surface area contributed by atoms with Gasteiger partial charge in [-0.05, 0) is 36.8 Å². The third kappa shape index (κ3) is 2.91. The van der Waals surface area contributed by atoms with Crippen LogP contribution in [0.2, 0.25) is 0 Å². The van der Waals surface area contributed by atoms with Gasteiger partial charge in [0, 0.05) is 12.6 Å². The lowest BCUT2D eigenvalue weighted by Crippen LogP contribution is -2.30. The fraction of sp³-hybridized carbons (Fsp3) is 0.500. The number of nitro benzene ring substituents is 1. The van der Waals surface area contributed by atoms with Crippen molar-refractivity contribution < 1.29 is 13.3 Å². The molecule has 1 aromatic carbocycles. The molecular formula is C12H17N3O4S. The molecule has 0 saturated heterocycles. The van der Waals surface area contributed by atoms with Crippen molar-refractivity contribution >= 4 is 21.4 Å². The molecule has 0 aliphatic heterocycles. The van der Waals surface area contributed by atoms with Gasteiger partial charge in [-0.15, -0.1) is 0 Å². The Hall–Kier alpha value is -1.67. The first-order valence-corrected chi connectivity index (χ1v) is 7.82. The molecule has 0 radical (unpaired) electrons. The lowest BCUT2D eigenvalue weighted by Gasteiger charge is -2.14. The Balaban J connectivity index is 2.17. The van der Waals surface area contributed by atoms with Crippen molar-refractivity contribution in [2.24, 2.45) is 5.41 Å². The number of nitrogens with one attached hydrogen (secondary N) is 1. The number of nitro groups is 1. The Kier molecular flexibility index (Phi) is 3.70. The molecule has 1 aliphatic carbocycles. The van der Waals surface area contributed by atoms with Gasteiger partial charge >= 0.3 is 0 Å². The van der Waals surface area contributed by atoms with Gasteiger partial charge in [-0.2, -0.15) is 0 Å². The minimum atomic E-state index is -3.68. The topological polar surface area (TPSA) is 115 Å². The van der Waals surface area contributed by atoms with E-state index < -0.39 is 14.9 Å². The monoisotopic (exact) mass is 299 g/mol. The number of nitrogens with two attached hydrogens (primary N) is 1. The van der Waals surface area contributed by atoms with Gasteiger partial charge < -0.3 is 5.73 Å². The second kappa shape index (κ2) is 5.02. The molecular weight excluding hydrogens is 282 g/mol. The number of rotatable bonds is 6. The summed E-state index contributed by atoms with van der Waals surface area (Å²) in [5.41, 5.74) is 5.14. The number of sulfonamides is 1. The molecule has 1 aromatic rings. The minimum absolute atomic E-state index is 0.0486. The van der Waals surface area contributed by atoms with Crippen LogP contribution in [0.3, 0.4) is 0 Å². The fourth-order valence-corrected chi connectivity index (χ4v) is 3.22. The molecule has 0 heterocycles. The van der Waals surface area contributed by atoms with Crippen molar-refractivity contribution in [1.29, 1.82) is 0 Å². The summed E-state index contributed by atoms with van der Waals surface area (Å²) < 4.78 is 26.8. The van der Waals surface area contributed by atoms with Crippen LogP contribution in [0.15, 0.2) is 23.1 Å². The molecule has 1 saturated carbocycles. The molecule has 2 rings (SSSR count). The van der Waals surface area contributed by atoms with Crippen molar-refractivity contribution in [3.8, 4) is 0 Å². The highest BCUT2D eigenvalue weighted by Gasteiger charge is 2.41. The van der Waals surface area contributed by atoms with E-state index in [2.05, 4.69) is 4.72 Å². The molecule has 0 bridgehead atoms. The third-order valence-corrected chi connectivity index (χ3v) is 5.25. The van der Waals surface area contributed by atoms with Crippen LogP contribution >= 0.6 is 0 Å². The normalized spacial score (nSPS) is 16.9. The molecule has 3 N–H and O–H groups in total. The molecule has 1 fully saturated rings. The van der Waals surface area contributed by atoms with E-state index in [1.807, 2.05) is 6.92 Å². The standard InChI is InChI=1S/C12H17N3O4S/c1-2-12(5-6-12)8-14-20(18,19)9-3-4-11(15(16)17)10(13)7-9/h3-4,7,14H,2,5-6,8,13H2,1H3. The average molecular weight is 299 g/mol. The quantitative estimate of drug-likeness (QED) is 0.470. The summed E-state index contributed by atoms with van der Waals surface area (Å²) in [6.07, 6.45) is 2.97. The van der Waals surface area contributed by atoms with Gasteiger partial charge in [-0.3, -0.25) is 10.1 Å². The predicted octanol–water partition coefficient (Wildman–Crippen LogP) is 1.65. The van der Waals surface area contributed by atoms with Gasteiger partial charge in [0.15, 0.2) is 0 Å². The van der Waals surface area contributed by atoms with Crippen molar-refractivity contribution in [3.63, 3.8) is 0 Å². The van der Waals surface area contributed by atoms with E-state index in [9.17, 15) is 18.5 Å². The van der Waals surface area contributed by atoms with Gasteiger partial charge in [0.05, 0.1) is 9.82 Å². The highest BCUT2D eigenvalue weighted by molar-refractivity contribution is 7.89. The van der Waals surface area contributed by atoms with E-state index in [1.165, 1.54) is 6.07 Å². The van der Waals surface area contributed by atoms with Crippen LogP contribution in [0.25, 0.3) is 0 Å². The molecule has 7 nitrogen and oxygen atoms in total. The summed E-state index contributed by atoms with van der Waals surface area (Å²) >= 11 is 0. The number of hydrogen-bond acceptors (Lipinski definition) is 5. The van der Waals surface area contributed by atoms with Crippen LogP contribution in [0.4, 0.5) is 11.4 Å². The summed E-state index contributed by atoms with van der Waals surface area (Å²) in [5, 5.41) is 10.6. The maximum atomic E-state index is 12.1. The Morgan fingerprint density at radius 1 is 1.45 bits per heavy atom. The Bertz CT molecular complexity index is 638. The number of hydrogen-bond donors (Lipinski definition) is 2. The smallest absolute Gasteiger partial charge is 0.292 e. The van der Waals surface area contributed by atoms with E-state index in [0.29, 0.717) is 6.54 Å². The molecule has 110 valence electrons. The van der Waals surface area contributed by atoms with Crippen LogP contribution in [-0.2, 0) is 10.0 Å². The average Bonchev–Trinajstić information content (AvgIpc) is 3.16. The minimum Gasteiger partial charge on any atom is -0.393 e. The van der Waals surface area contributed by atoms with E-state index >= 15 is 0 Å². The van der Waals surface area contributed by atoms with Crippen LogP contribution in [0, 0.1) is 15.5 Å². The Morgan fingerprint density at radius 3 is 2.55 bits per heavy atom. The Morgan fingerprint density at radius 2 is 2.10 bits per heavy atom. The predicted molar refractivity (Wildman–Crippen MR) is 74.7 cm³/mol. The highest BCUT2D eigenvalue weighted by atomic mass is 32.2. The third-order valence-electron chi connectivity index (χ3n) is 3.85. The van der Waals surface area contributed by atoms with Gasteiger partial charge in [-0.25, -0.2) is 13.1 Å². The highest BCUT2D eigenvalue weighted by Crippen LogP contribution is 2.48. The number of nitrogen functional groups attached to an aromatic ring is 1. The summed E-state index contributed by atoms with van der Waals surface area (Å²) in [5.74, 6) is 0. The molecule has 0 unspecified atom stereocenters. The van der Waals surface area contributed by atoms with Crippen molar-refractivity contribution in [2.75, 3.05) is 12.3 Å². The van der Waals surface area contributed by atoms with Crippen LogP contribution < -0.4 is 10.5 Å². The SMILES string of the molecule is CCC1(CNS(=O)(=O)c2ccc([N+](=O)[O-])c(N)c2)CC1. The second-order valence-electron chi connectivity index (χ2n) is 5.16. The first-order chi connectivity index (χ1) is 9.30. The largest absolute Gasteiger partial charge is 0.393 e. The second-order valence-corrected chi connectivity index (χ2v) is 6.92. The number of benzene rings is 1. The zero-order valence-corrected chi connectivity index (χ0v) is 11.9. The maximum absolute atomic E-state index is 12.1. The fourth-order valence-electron chi connectivity index (χ4n) is 2.03. The van der Waals surface area contributed by atoms with Crippen molar-refractivity contribution in [1.82, 2.24) is 4.72 Å². The van der Waals surface area contributed by atoms with Crippen molar-refractivity contribution in [2.45, 2.75) is 31.1 Å². The van der Waals surface area contributed by atoms with Crippen LogP contribution in [0.5, 0.6) is 0 Å².